The van der Waals surface area contributed by atoms with E-state index >= 15 is 0 Å². The SMILES string of the molecule is CCCOCc1ccccc1CN=C(NCC)NCCCOCCOC.I. The van der Waals surface area contributed by atoms with Crippen molar-refractivity contribution in [1.82, 2.24) is 10.6 Å². The average Bonchev–Trinajstić information content (AvgIpc) is 2.66. The number of guanidine groups is 1. The maximum atomic E-state index is 5.68. The summed E-state index contributed by atoms with van der Waals surface area (Å²) in [4.78, 5) is 4.70. The van der Waals surface area contributed by atoms with Crippen LogP contribution in [0.25, 0.3) is 0 Å². The molecule has 0 fully saturated rings. The Morgan fingerprint density at radius 1 is 0.963 bits per heavy atom. The van der Waals surface area contributed by atoms with E-state index in [0.29, 0.717) is 33.0 Å². The lowest BCUT2D eigenvalue weighted by Gasteiger charge is -2.13. The van der Waals surface area contributed by atoms with E-state index in [1.807, 2.05) is 12.1 Å². The van der Waals surface area contributed by atoms with Crippen LogP contribution in [0.3, 0.4) is 0 Å². The van der Waals surface area contributed by atoms with Gasteiger partial charge in [0.2, 0.25) is 0 Å². The molecule has 0 amide bonds. The van der Waals surface area contributed by atoms with E-state index in [4.69, 9.17) is 19.2 Å². The fourth-order valence-electron chi connectivity index (χ4n) is 2.31. The van der Waals surface area contributed by atoms with Crippen LogP contribution in [0.15, 0.2) is 29.3 Å². The lowest BCUT2D eigenvalue weighted by molar-refractivity contribution is 0.0698. The number of aliphatic imine (C=N–C) groups is 1. The summed E-state index contributed by atoms with van der Waals surface area (Å²) in [5.74, 6) is 0.827. The summed E-state index contributed by atoms with van der Waals surface area (Å²) in [6, 6.07) is 8.32. The Morgan fingerprint density at radius 2 is 1.74 bits per heavy atom. The van der Waals surface area contributed by atoms with Gasteiger partial charge in [0.1, 0.15) is 0 Å². The number of rotatable bonds is 14. The molecule has 0 aromatic heterocycles. The Hall–Kier alpha value is -0.900. The molecular formula is C20H36IN3O3. The minimum absolute atomic E-state index is 0. The topological polar surface area (TPSA) is 64.1 Å². The van der Waals surface area contributed by atoms with E-state index in [1.165, 1.54) is 11.1 Å². The molecule has 7 heteroatoms. The third-order valence-corrected chi connectivity index (χ3v) is 3.67. The molecule has 0 aliphatic carbocycles. The van der Waals surface area contributed by atoms with Crippen LogP contribution in [0.2, 0.25) is 0 Å². The fraction of sp³-hybridized carbons (Fsp3) is 0.650. The number of hydrogen-bond donors (Lipinski definition) is 2. The molecule has 0 spiro atoms. The van der Waals surface area contributed by atoms with Crippen molar-refractivity contribution in [2.75, 3.05) is 46.6 Å². The Morgan fingerprint density at radius 3 is 2.44 bits per heavy atom. The number of nitrogens with zero attached hydrogens (tertiary/aromatic N) is 1. The minimum atomic E-state index is 0. The molecule has 156 valence electrons. The zero-order chi connectivity index (χ0) is 18.9. The Labute approximate surface area is 181 Å². The molecule has 0 bridgehead atoms. The quantitative estimate of drug-likeness (QED) is 0.180. The first kappa shape index (κ1) is 26.1. The van der Waals surface area contributed by atoms with Crippen LogP contribution < -0.4 is 10.6 Å². The van der Waals surface area contributed by atoms with Crippen molar-refractivity contribution in [3.63, 3.8) is 0 Å². The van der Waals surface area contributed by atoms with Gasteiger partial charge >= 0.3 is 0 Å². The average molecular weight is 493 g/mol. The van der Waals surface area contributed by atoms with Crippen LogP contribution in [-0.2, 0) is 27.4 Å². The van der Waals surface area contributed by atoms with Gasteiger partial charge in [-0.2, -0.15) is 0 Å². The third kappa shape index (κ3) is 13.0. The van der Waals surface area contributed by atoms with Gasteiger partial charge in [-0.1, -0.05) is 31.2 Å². The van der Waals surface area contributed by atoms with E-state index < -0.39 is 0 Å². The third-order valence-electron chi connectivity index (χ3n) is 3.67. The molecule has 0 aliphatic heterocycles. The van der Waals surface area contributed by atoms with Crippen molar-refractivity contribution in [1.29, 1.82) is 0 Å². The number of ether oxygens (including phenoxy) is 3. The lowest BCUT2D eigenvalue weighted by Crippen LogP contribution is -2.38. The van der Waals surface area contributed by atoms with Crippen LogP contribution in [0.4, 0.5) is 0 Å². The van der Waals surface area contributed by atoms with Crippen molar-refractivity contribution >= 4 is 29.9 Å². The van der Waals surface area contributed by atoms with E-state index in [9.17, 15) is 0 Å². The summed E-state index contributed by atoms with van der Waals surface area (Å²) in [5.41, 5.74) is 2.40. The monoisotopic (exact) mass is 493 g/mol. The molecule has 1 aromatic rings. The molecule has 0 radical (unpaired) electrons. The highest BCUT2D eigenvalue weighted by atomic mass is 127. The maximum Gasteiger partial charge on any atom is 0.191 e. The highest BCUT2D eigenvalue weighted by Gasteiger charge is 2.03. The molecule has 0 aliphatic rings. The molecule has 0 saturated carbocycles. The second-order valence-corrected chi connectivity index (χ2v) is 5.90. The minimum Gasteiger partial charge on any atom is -0.382 e. The van der Waals surface area contributed by atoms with Crippen LogP contribution >= 0.6 is 24.0 Å². The predicted octanol–water partition coefficient (Wildman–Crippen LogP) is 3.34. The second-order valence-electron chi connectivity index (χ2n) is 5.90. The van der Waals surface area contributed by atoms with Gasteiger partial charge in [-0.05, 0) is 30.9 Å². The van der Waals surface area contributed by atoms with Crippen LogP contribution in [0, 0.1) is 0 Å². The van der Waals surface area contributed by atoms with Gasteiger partial charge in [0, 0.05) is 33.4 Å². The van der Waals surface area contributed by atoms with Crippen molar-refractivity contribution in [2.24, 2.45) is 4.99 Å². The zero-order valence-corrected chi connectivity index (χ0v) is 19.3. The van der Waals surface area contributed by atoms with Gasteiger partial charge in [-0.15, -0.1) is 24.0 Å². The van der Waals surface area contributed by atoms with Crippen LogP contribution in [0.1, 0.15) is 37.8 Å². The standard InChI is InChI=1S/C20H35N3O3.HI/c1-4-12-26-17-19-10-7-6-9-18(19)16-23-20(21-5-2)22-11-8-13-25-15-14-24-3;/h6-7,9-10H,4-5,8,11-17H2,1-3H3,(H2,21,22,23);1H. The summed E-state index contributed by atoms with van der Waals surface area (Å²) in [6.07, 6.45) is 1.96. The first-order valence-corrected chi connectivity index (χ1v) is 9.55. The number of benzene rings is 1. The molecule has 1 rings (SSSR count). The lowest BCUT2D eigenvalue weighted by atomic mass is 10.1. The molecule has 6 nitrogen and oxygen atoms in total. The fourth-order valence-corrected chi connectivity index (χ4v) is 2.31. The molecule has 1 aromatic carbocycles. The van der Waals surface area contributed by atoms with Crippen molar-refractivity contribution in [2.45, 2.75) is 39.8 Å². The number of methoxy groups -OCH3 is 1. The van der Waals surface area contributed by atoms with Gasteiger partial charge in [-0.3, -0.25) is 0 Å². The normalized spacial score (nSPS) is 11.1. The Kier molecular flexibility index (Phi) is 17.8. The van der Waals surface area contributed by atoms with Crippen molar-refractivity contribution < 1.29 is 14.2 Å². The molecular weight excluding hydrogens is 457 g/mol. The molecule has 0 atom stereocenters. The predicted molar refractivity (Wildman–Crippen MR) is 122 cm³/mol. The summed E-state index contributed by atoms with van der Waals surface area (Å²) in [7, 11) is 1.68. The summed E-state index contributed by atoms with van der Waals surface area (Å²) < 4.78 is 16.1. The number of halogens is 1. The van der Waals surface area contributed by atoms with E-state index in [2.05, 4.69) is 36.6 Å². The van der Waals surface area contributed by atoms with E-state index in [1.54, 1.807) is 7.11 Å². The van der Waals surface area contributed by atoms with Crippen molar-refractivity contribution in [3.8, 4) is 0 Å². The van der Waals surface area contributed by atoms with Gasteiger partial charge in [-0.25, -0.2) is 4.99 Å². The smallest absolute Gasteiger partial charge is 0.191 e. The number of nitrogens with one attached hydrogen (secondary N) is 2. The Balaban J connectivity index is 0.00000676. The van der Waals surface area contributed by atoms with Crippen LogP contribution in [0.5, 0.6) is 0 Å². The Bertz CT molecular complexity index is 501. The molecule has 0 saturated heterocycles. The first-order valence-electron chi connectivity index (χ1n) is 9.55. The van der Waals surface area contributed by atoms with Gasteiger partial charge < -0.3 is 24.8 Å². The highest BCUT2D eigenvalue weighted by molar-refractivity contribution is 14.0. The van der Waals surface area contributed by atoms with Crippen molar-refractivity contribution in [3.05, 3.63) is 35.4 Å². The summed E-state index contributed by atoms with van der Waals surface area (Å²) in [5, 5.41) is 6.63. The molecule has 27 heavy (non-hydrogen) atoms. The molecule has 2 N–H and O–H groups in total. The highest BCUT2D eigenvalue weighted by Crippen LogP contribution is 2.11. The number of hydrogen-bond acceptors (Lipinski definition) is 4. The molecule has 0 heterocycles. The van der Waals surface area contributed by atoms with E-state index in [-0.39, 0.29) is 24.0 Å². The maximum absolute atomic E-state index is 5.68. The summed E-state index contributed by atoms with van der Waals surface area (Å²) in [6.45, 7) is 9.89. The zero-order valence-electron chi connectivity index (χ0n) is 17.0. The molecule has 0 unspecified atom stereocenters. The van der Waals surface area contributed by atoms with Gasteiger partial charge in [0.15, 0.2) is 5.96 Å². The van der Waals surface area contributed by atoms with Crippen LogP contribution in [-0.4, -0.2) is 52.6 Å². The van der Waals surface area contributed by atoms with Gasteiger partial charge in [0.25, 0.3) is 0 Å². The van der Waals surface area contributed by atoms with Gasteiger partial charge in [0.05, 0.1) is 26.4 Å². The summed E-state index contributed by atoms with van der Waals surface area (Å²) >= 11 is 0. The second kappa shape index (κ2) is 18.5. The largest absolute Gasteiger partial charge is 0.382 e. The first-order chi connectivity index (χ1) is 12.8. The van der Waals surface area contributed by atoms with E-state index in [0.717, 1.165) is 38.5 Å².